The fraction of sp³-hybridized carbons (Fsp3) is 0.792. The summed E-state index contributed by atoms with van der Waals surface area (Å²) in [6, 6.07) is 0. The van der Waals surface area contributed by atoms with E-state index in [4.69, 9.17) is 37.9 Å². The Balaban J connectivity index is 2.68. The molecule has 1 rings (SSSR count). The Hall–Kier alpha value is -3.03. The van der Waals surface area contributed by atoms with E-state index < -0.39 is 12.1 Å². The molecule has 65 heavy (non-hydrogen) atoms. The molecule has 0 aliphatic carbocycles. The fourth-order valence-electron chi connectivity index (χ4n) is 6.97. The Morgan fingerprint density at radius 3 is 1.32 bits per heavy atom. The van der Waals surface area contributed by atoms with Crippen LogP contribution in [0.25, 0.3) is 0 Å². The molecule has 0 aromatic rings. The van der Waals surface area contributed by atoms with Crippen LogP contribution in [0, 0.1) is 11.8 Å². The standard InChI is InChI=1S/C53H93NO11/c1-6-11-15-19-27-38-58-51(59-39-28-20-16-12-7-2)35-25-23-33-49(55)62-44-48(46-65-53(57)64-43-47-32-31-37-54(10-5)42-47)45-63-50(56)34-24-26-36-52(60-40-29-21-17-13-8-3)61-41-30-22-18-14-9-4/h15-22,47-48,51-52H,6-14,23-46H2,1-5H3/b19-15-,20-16-,21-17-,22-18-. The first-order chi connectivity index (χ1) is 31.8. The van der Waals surface area contributed by atoms with Gasteiger partial charge in [-0.3, -0.25) is 9.59 Å². The van der Waals surface area contributed by atoms with Gasteiger partial charge in [0, 0.05) is 25.3 Å². The first-order valence-corrected chi connectivity index (χ1v) is 25.7. The number of esters is 2. The van der Waals surface area contributed by atoms with Crippen molar-refractivity contribution in [1.82, 2.24) is 4.90 Å². The second-order valence-electron chi connectivity index (χ2n) is 17.0. The van der Waals surface area contributed by atoms with Crippen LogP contribution in [0.15, 0.2) is 48.6 Å². The van der Waals surface area contributed by atoms with Crippen LogP contribution in [0.2, 0.25) is 0 Å². The molecule has 0 N–H and O–H groups in total. The molecule has 1 aliphatic rings. The Morgan fingerprint density at radius 2 is 0.923 bits per heavy atom. The van der Waals surface area contributed by atoms with Crippen LogP contribution in [0.1, 0.15) is 176 Å². The lowest BCUT2D eigenvalue weighted by Crippen LogP contribution is -2.37. The van der Waals surface area contributed by atoms with Gasteiger partial charge in [-0.1, -0.05) is 109 Å². The van der Waals surface area contributed by atoms with Crippen LogP contribution in [-0.2, 0) is 47.5 Å². The summed E-state index contributed by atoms with van der Waals surface area (Å²) in [7, 11) is 0. The molecule has 0 aromatic heterocycles. The number of likely N-dealkylation sites (tertiary alicyclic amines) is 1. The van der Waals surface area contributed by atoms with Crippen molar-refractivity contribution in [1.29, 1.82) is 0 Å². The van der Waals surface area contributed by atoms with E-state index in [1.165, 1.54) is 0 Å². The van der Waals surface area contributed by atoms with Crippen LogP contribution in [-0.4, -0.2) is 108 Å². The van der Waals surface area contributed by atoms with Crippen LogP contribution in [0.3, 0.4) is 0 Å². The largest absolute Gasteiger partial charge is 0.508 e. The molecule has 1 unspecified atom stereocenters. The molecule has 1 atom stereocenters. The van der Waals surface area contributed by atoms with Gasteiger partial charge in [-0.2, -0.15) is 0 Å². The number of piperidine rings is 1. The Labute approximate surface area is 395 Å². The molecule has 1 fully saturated rings. The third-order valence-electron chi connectivity index (χ3n) is 10.9. The summed E-state index contributed by atoms with van der Waals surface area (Å²) in [6.45, 7) is 16.1. The third-order valence-corrected chi connectivity index (χ3v) is 10.9. The molecule has 0 radical (unpaired) electrons. The second kappa shape index (κ2) is 44.8. The maximum Gasteiger partial charge on any atom is 0.508 e. The lowest BCUT2D eigenvalue weighted by atomic mass is 9.99. The van der Waals surface area contributed by atoms with Gasteiger partial charge in [0.2, 0.25) is 0 Å². The van der Waals surface area contributed by atoms with E-state index in [-0.39, 0.29) is 69.7 Å². The van der Waals surface area contributed by atoms with E-state index in [9.17, 15) is 14.4 Å². The molecule has 12 heteroatoms. The zero-order valence-electron chi connectivity index (χ0n) is 41.7. The Morgan fingerprint density at radius 1 is 0.523 bits per heavy atom. The van der Waals surface area contributed by atoms with Gasteiger partial charge >= 0.3 is 18.1 Å². The van der Waals surface area contributed by atoms with Gasteiger partial charge in [-0.05, 0) is 116 Å². The molecule has 376 valence electrons. The lowest BCUT2D eigenvalue weighted by molar-refractivity contribution is -0.152. The summed E-state index contributed by atoms with van der Waals surface area (Å²) in [5.74, 6) is -1.02. The van der Waals surface area contributed by atoms with Crippen molar-refractivity contribution in [3.63, 3.8) is 0 Å². The Bertz CT molecular complexity index is 1140. The van der Waals surface area contributed by atoms with Gasteiger partial charge in [0.25, 0.3) is 0 Å². The summed E-state index contributed by atoms with van der Waals surface area (Å²) in [4.78, 5) is 40.8. The van der Waals surface area contributed by atoms with Crippen LogP contribution >= 0.6 is 0 Å². The molecule has 0 saturated carbocycles. The van der Waals surface area contributed by atoms with E-state index in [0.717, 1.165) is 122 Å². The number of hydrogen-bond acceptors (Lipinski definition) is 12. The van der Waals surface area contributed by atoms with Crippen LogP contribution in [0.5, 0.6) is 0 Å². The Kier molecular flexibility index (Phi) is 41.3. The normalized spacial score (nSPS) is 14.9. The van der Waals surface area contributed by atoms with E-state index in [0.29, 0.717) is 52.1 Å². The number of allylic oxidation sites excluding steroid dienone is 4. The smallest absolute Gasteiger partial charge is 0.465 e. The first-order valence-electron chi connectivity index (χ1n) is 25.7. The summed E-state index contributed by atoms with van der Waals surface area (Å²) < 4.78 is 46.5. The number of nitrogens with zero attached hydrogens (tertiary/aromatic N) is 1. The first kappa shape index (κ1) is 60.0. The third kappa shape index (κ3) is 37.7. The molecular weight excluding hydrogens is 827 g/mol. The minimum Gasteiger partial charge on any atom is -0.465 e. The van der Waals surface area contributed by atoms with Gasteiger partial charge in [0.1, 0.15) is 19.8 Å². The van der Waals surface area contributed by atoms with Crippen molar-refractivity contribution in [2.75, 3.05) is 72.5 Å². The number of hydrogen-bond donors (Lipinski definition) is 0. The molecule has 1 saturated heterocycles. The number of rotatable bonds is 43. The molecule has 12 nitrogen and oxygen atoms in total. The number of ether oxygens (including phenoxy) is 8. The van der Waals surface area contributed by atoms with Gasteiger partial charge in [0.05, 0.1) is 39.0 Å². The SMILES string of the molecule is CCC/C=C\CCOC(CCCCC(=O)OCC(COC(=O)CCCCC(OCC/C=C\CCC)OCC/C=C\CCC)COC(=O)OCC1CCCN(CC)C1)OCC/C=C\CCC. The van der Waals surface area contributed by atoms with Crippen LogP contribution < -0.4 is 0 Å². The molecular formula is C53H93NO11. The van der Waals surface area contributed by atoms with Crippen molar-refractivity contribution in [2.24, 2.45) is 11.8 Å². The molecule has 1 aliphatic heterocycles. The highest BCUT2D eigenvalue weighted by atomic mass is 16.7. The number of carbonyl (C=O) groups is 3. The summed E-state index contributed by atoms with van der Waals surface area (Å²) in [5, 5.41) is 0. The topological polar surface area (TPSA) is 128 Å². The van der Waals surface area contributed by atoms with Crippen molar-refractivity contribution in [2.45, 2.75) is 188 Å². The van der Waals surface area contributed by atoms with E-state index >= 15 is 0 Å². The number of carbonyl (C=O) groups excluding carboxylic acids is 3. The average molecular weight is 920 g/mol. The zero-order chi connectivity index (χ0) is 47.3. The molecule has 1 heterocycles. The minimum atomic E-state index is -0.776. The maximum atomic E-state index is 12.9. The second-order valence-corrected chi connectivity index (χ2v) is 17.0. The summed E-state index contributed by atoms with van der Waals surface area (Å²) >= 11 is 0. The predicted octanol–water partition coefficient (Wildman–Crippen LogP) is 12.4. The quantitative estimate of drug-likeness (QED) is 0.0190. The minimum absolute atomic E-state index is 0.0585. The van der Waals surface area contributed by atoms with Crippen molar-refractivity contribution < 1.29 is 52.3 Å². The van der Waals surface area contributed by atoms with Crippen molar-refractivity contribution >= 4 is 18.1 Å². The monoisotopic (exact) mass is 920 g/mol. The highest BCUT2D eigenvalue weighted by molar-refractivity contribution is 5.69. The summed E-state index contributed by atoms with van der Waals surface area (Å²) in [5.41, 5.74) is 0. The average Bonchev–Trinajstić information content (AvgIpc) is 3.31. The number of unbranched alkanes of at least 4 members (excludes halogenated alkanes) is 6. The van der Waals surface area contributed by atoms with Crippen molar-refractivity contribution in [3.05, 3.63) is 48.6 Å². The van der Waals surface area contributed by atoms with E-state index in [1.807, 2.05) is 0 Å². The lowest BCUT2D eigenvalue weighted by Gasteiger charge is -2.31. The molecule has 0 bridgehead atoms. The fourth-order valence-corrected chi connectivity index (χ4v) is 6.97. The van der Waals surface area contributed by atoms with Gasteiger partial charge < -0.3 is 42.8 Å². The highest BCUT2D eigenvalue weighted by Gasteiger charge is 2.22. The van der Waals surface area contributed by atoms with Gasteiger partial charge in [-0.15, -0.1) is 0 Å². The summed E-state index contributed by atoms with van der Waals surface area (Å²) in [6.07, 6.45) is 34.5. The molecule has 0 amide bonds. The van der Waals surface area contributed by atoms with Gasteiger partial charge in [-0.25, -0.2) is 4.79 Å². The van der Waals surface area contributed by atoms with Crippen LogP contribution in [0.4, 0.5) is 4.79 Å². The van der Waals surface area contributed by atoms with Gasteiger partial charge in [0.15, 0.2) is 12.6 Å². The molecule has 0 spiro atoms. The highest BCUT2D eigenvalue weighted by Crippen LogP contribution is 2.18. The van der Waals surface area contributed by atoms with E-state index in [1.54, 1.807) is 0 Å². The zero-order valence-corrected chi connectivity index (χ0v) is 41.7. The predicted molar refractivity (Wildman–Crippen MR) is 261 cm³/mol. The van der Waals surface area contributed by atoms with Crippen molar-refractivity contribution in [3.8, 4) is 0 Å². The van der Waals surface area contributed by atoms with E-state index in [2.05, 4.69) is 88.1 Å². The maximum absolute atomic E-state index is 12.9. The molecule has 0 aromatic carbocycles.